The van der Waals surface area contributed by atoms with Gasteiger partial charge in [0.15, 0.2) is 0 Å². The van der Waals surface area contributed by atoms with E-state index < -0.39 is 23.0 Å². The van der Waals surface area contributed by atoms with Crippen molar-refractivity contribution in [3.8, 4) is 0 Å². The molecular formula is C21H25F2N3O3. The molecule has 156 valence electrons. The van der Waals surface area contributed by atoms with Gasteiger partial charge in [0.1, 0.15) is 11.6 Å². The molecule has 0 radical (unpaired) electrons. The van der Waals surface area contributed by atoms with Crippen molar-refractivity contribution in [1.82, 2.24) is 14.7 Å². The highest BCUT2D eigenvalue weighted by atomic mass is 19.1. The summed E-state index contributed by atoms with van der Waals surface area (Å²) in [7, 11) is 0. The third kappa shape index (κ3) is 4.46. The summed E-state index contributed by atoms with van der Waals surface area (Å²) >= 11 is 0. The molecule has 0 aliphatic carbocycles. The second-order valence-electron chi connectivity index (χ2n) is 7.33. The van der Waals surface area contributed by atoms with E-state index in [1.807, 2.05) is 6.92 Å². The number of aryl methyl sites for hydroxylation is 1. The maximum Gasteiger partial charge on any atom is 0.314 e. The van der Waals surface area contributed by atoms with E-state index in [2.05, 4.69) is 5.10 Å². The minimum absolute atomic E-state index is 0.0376. The molecule has 0 saturated carbocycles. The summed E-state index contributed by atoms with van der Waals surface area (Å²) in [6.07, 6.45) is 4.25. The Morgan fingerprint density at radius 2 is 2.07 bits per heavy atom. The lowest BCUT2D eigenvalue weighted by atomic mass is 9.74. The Balaban J connectivity index is 1.88. The predicted molar refractivity (Wildman–Crippen MR) is 102 cm³/mol. The van der Waals surface area contributed by atoms with Gasteiger partial charge < -0.3 is 9.64 Å². The van der Waals surface area contributed by atoms with Gasteiger partial charge in [-0.1, -0.05) is 6.07 Å². The number of benzene rings is 1. The van der Waals surface area contributed by atoms with Gasteiger partial charge in [0.2, 0.25) is 0 Å². The zero-order valence-corrected chi connectivity index (χ0v) is 16.7. The van der Waals surface area contributed by atoms with Crippen LogP contribution in [0.4, 0.5) is 8.78 Å². The number of halogens is 2. The van der Waals surface area contributed by atoms with Crippen molar-refractivity contribution in [1.29, 1.82) is 0 Å². The highest BCUT2D eigenvalue weighted by Gasteiger charge is 2.45. The second kappa shape index (κ2) is 8.71. The van der Waals surface area contributed by atoms with Crippen molar-refractivity contribution in [2.75, 3.05) is 19.7 Å². The largest absolute Gasteiger partial charge is 0.466 e. The Bertz CT molecular complexity index is 899. The van der Waals surface area contributed by atoms with E-state index in [0.29, 0.717) is 31.5 Å². The summed E-state index contributed by atoms with van der Waals surface area (Å²) in [6.45, 7) is 5.05. The van der Waals surface area contributed by atoms with E-state index in [4.69, 9.17) is 4.74 Å². The van der Waals surface area contributed by atoms with E-state index in [1.54, 1.807) is 22.7 Å². The number of rotatable bonds is 6. The fourth-order valence-corrected chi connectivity index (χ4v) is 3.83. The average Bonchev–Trinajstić information content (AvgIpc) is 3.19. The molecule has 1 amide bonds. The van der Waals surface area contributed by atoms with Gasteiger partial charge in [-0.05, 0) is 44.7 Å². The van der Waals surface area contributed by atoms with Crippen LogP contribution in [-0.2, 0) is 22.5 Å². The Hall–Kier alpha value is -2.77. The molecule has 1 atom stereocenters. The monoisotopic (exact) mass is 405 g/mol. The van der Waals surface area contributed by atoms with Crippen LogP contribution in [-0.4, -0.2) is 46.3 Å². The van der Waals surface area contributed by atoms with E-state index in [-0.39, 0.29) is 31.0 Å². The van der Waals surface area contributed by atoms with Gasteiger partial charge in [-0.15, -0.1) is 0 Å². The maximum absolute atomic E-state index is 14.3. The summed E-state index contributed by atoms with van der Waals surface area (Å²) in [5.74, 6) is -2.07. The highest BCUT2D eigenvalue weighted by Crippen LogP contribution is 2.36. The smallest absolute Gasteiger partial charge is 0.314 e. The quantitative estimate of drug-likeness (QED) is 0.693. The van der Waals surface area contributed by atoms with Crippen LogP contribution in [0.3, 0.4) is 0 Å². The van der Waals surface area contributed by atoms with Crippen molar-refractivity contribution < 1.29 is 23.1 Å². The molecule has 1 fully saturated rings. The minimum atomic E-state index is -1.08. The predicted octanol–water partition coefficient (Wildman–Crippen LogP) is 3.21. The van der Waals surface area contributed by atoms with Gasteiger partial charge in [0.25, 0.3) is 5.91 Å². The summed E-state index contributed by atoms with van der Waals surface area (Å²) in [5.41, 5.74) is -0.407. The van der Waals surface area contributed by atoms with Crippen LogP contribution in [0.1, 0.15) is 42.6 Å². The van der Waals surface area contributed by atoms with Crippen LogP contribution in [0.15, 0.2) is 30.6 Å². The first-order valence-electron chi connectivity index (χ1n) is 9.81. The molecule has 29 heavy (non-hydrogen) atoms. The van der Waals surface area contributed by atoms with Crippen molar-refractivity contribution in [3.05, 3.63) is 53.4 Å². The number of ether oxygens (including phenoxy) is 1. The van der Waals surface area contributed by atoms with Gasteiger partial charge in [0.05, 0.1) is 23.8 Å². The standard InChI is InChI=1S/C21H25F2N3O3/c1-3-26-13-16(12-24-26)19(27)25-9-5-8-21(14-25,20(28)29-4-2)11-15-6-7-17(22)10-18(15)23/h6-7,10,12-13H,3-5,8-9,11,14H2,1-2H3. The van der Waals surface area contributed by atoms with Crippen LogP contribution in [0, 0.1) is 17.0 Å². The minimum Gasteiger partial charge on any atom is -0.466 e. The topological polar surface area (TPSA) is 64.4 Å². The van der Waals surface area contributed by atoms with Gasteiger partial charge >= 0.3 is 5.97 Å². The van der Waals surface area contributed by atoms with Crippen LogP contribution >= 0.6 is 0 Å². The summed E-state index contributed by atoms with van der Waals surface area (Å²) in [4.78, 5) is 27.4. The third-order valence-electron chi connectivity index (χ3n) is 5.32. The lowest BCUT2D eigenvalue weighted by molar-refractivity contribution is -0.158. The number of carbonyl (C=O) groups is 2. The van der Waals surface area contributed by atoms with Crippen LogP contribution in [0.25, 0.3) is 0 Å². The fraction of sp³-hybridized carbons (Fsp3) is 0.476. The molecule has 2 aromatic rings. The molecule has 2 heterocycles. The Kier molecular flexibility index (Phi) is 6.30. The Labute approximate surface area is 168 Å². The van der Waals surface area contributed by atoms with Crippen LogP contribution in [0.5, 0.6) is 0 Å². The molecule has 3 rings (SSSR count). The third-order valence-corrected chi connectivity index (χ3v) is 5.32. The van der Waals surface area contributed by atoms with Gasteiger partial charge in [0, 0.05) is 31.9 Å². The van der Waals surface area contributed by atoms with Crippen molar-refractivity contribution in [2.24, 2.45) is 5.41 Å². The summed E-state index contributed by atoms with van der Waals surface area (Å²) < 4.78 is 34.5. The van der Waals surface area contributed by atoms with E-state index in [0.717, 1.165) is 6.07 Å². The molecule has 0 spiro atoms. The number of hydrogen-bond acceptors (Lipinski definition) is 4. The average molecular weight is 405 g/mol. The number of piperidine rings is 1. The summed E-state index contributed by atoms with van der Waals surface area (Å²) in [6, 6.07) is 3.32. The number of amides is 1. The SMILES string of the molecule is CCOC(=O)C1(Cc2ccc(F)cc2F)CCCN(C(=O)c2cnn(CC)c2)C1. The van der Waals surface area contributed by atoms with Crippen molar-refractivity contribution in [2.45, 2.75) is 39.7 Å². The first kappa shape index (κ1) is 21.0. The second-order valence-corrected chi connectivity index (χ2v) is 7.33. The molecule has 1 aliphatic heterocycles. The van der Waals surface area contributed by atoms with Crippen molar-refractivity contribution >= 4 is 11.9 Å². The highest BCUT2D eigenvalue weighted by molar-refractivity contribution is 5.94. The molecule has 6 nitrogen and oxygen atoms in total. The molecule has 1 aromatic heterocycles. The Morgan fingerprint density at radius 3 is 2.72 bits per heavy atom. The molecule has 1 aromatic carbocycles. The molecule has 8 heteroatoms. The lowest BCUT2D eigenvalue weighted by Crippen LogP contribution is -2.51. The van der Waals surface area contributed by atoms with Gasteiger partial charge in [-0.2, -0.15) is 5.10 Å². The summed E-state index contributed by atoms with van der Waals surface area (Å²) in [5, 5.41) is 4.13. The molecule has 0 N–H and O–H groups in total. The van der Waals surface area contributed by atoms with E-state index in [1.165, 1.54) is 18.3 Å². The Morgan fingerprint density at radius 1 is 1.28 bits per heavy atom. The maximum atomic E-state index is 14.3. The fourth-order valence-electron chi connectivity index (χ4n) is 3.83. The number of aromatic nitrogens is 2. The first-order valence-corrected chi connectivity index (χ1v) is 9.81. The van der Waals surface area contributed by atoms with E-state index >= 15 is 0 Å². The number of likely N-dealkylation sites (tertiary alicyclic amines) is 1. The zero-order valence-electron chi connectivity index (χ0n) is 16.7. The van der Waals surface area contributed by atoms with Gasteiger partial charge in [-0.3, -0.25) is 14.3 Å². The molecule has 1 saturated heterocycles. The van der Waals surface area contributed by atoms with Crippen LogP contribution < -0.4 is 0 Å². The van der Waals surface area contributed by atoms with Gasteiger partial charge in [-0.25, -0.2) is 8.78 Å². The number of carbonyl (C=O) groups excluding carboxylic acids is 2. The molecule has 1 aliphatic rings. The van der Waals surface area contributed by atoms with Crippen LogP contribution in [0.2, 0.25) is 0 Å². The molecule has 0 bridgehead atoms. The lowest BCUT2D eigenvalue weighted by Gasteiger charge is -2.41. The number of nitrogens with zero attached hydrogens (tertiary/aromatic N) is 3. The van der Waals surface area contributed by atoms with E-state index in [9.17, 15) is 18.4 Å². The van der Waals surface area contributed by atoms with Crippen molar-refractivity contribution in [3.63, 3.8) is 0 Å². The molecular weight excluding hydrogens is 380 g/mol. The first-order chi connectivity index (χ1) is 13.9. The molecule has 1 unspecified atom stereocenters. The number of hydrogen-bond donors (Lipinski definition) is 0. The number of esters is 1. The zero-order chi connectivity index (χ0) is 21.0. The normalized spacial score (nSPS) is 19.2.